The predicted molar refractivity (Wildman–Crippen MR) is 203 cm³/mol. The van der Waals surface area contributed by atoms with E-state index in [1.54, 1.807) is 0 Å². The van der Waals surface area contributed by atoms with Gasteiger partial charge < -0.3 is 9.30 Å². The number of benzene rings is 7. The van der Waals surface area contributed by atoms with Crippen molar-refractivity contribution in [3.63, 3.8) is 0 Å². The number of nitrogens with zero attached hydrogens (tertiary/aromatic N) is 2. The van der Waals surface area contributed by atoms with Gasteiger partial charge in [0.2, 0.25) is 0 Å². The summed E-state index contributed by atoms with van der Waals surface area (Å²) in [6, 6.07) is 67.6. The Hall–Kier alpha value is -6.38. The maximum atomic E-state index is 2.40. The third kappa shape index (κ3) is 4.83. The zero-order chi connectivity index (χ0) is 31.9. The lowest BCUT2D eigenvalue weighted by atomic mass is 10.0. The average molecular weight is 613 g/mol. The SMILES string of the molecule is c1ccc(-c2ccc(N(c3ccc(-c4ccccc4)cc3)c3cccc4cn5c(cc34)c(-c3ccccc3)c3ccccc35)cc2)cc1. The van der Waals surface area contributed by atoms with E-state index in [4.69, 9.17) is 0 Å². The molecule has 7 aromatic carbocycles. The number of hydrogen-bond acceptors (Lipinski definition) is 1. The Bertz CT molecular complexity index is 2430. The molecule has 0 radical (unpaired) electrons. The van der Waals surface area contributed by atoms with Crippen molar-refractivity contribution in [3.05, 3.63) is 194 Å². The average Bonchev–Trinajstić information content (AvgIpc) is 3.49. The zero-order valence-electron chi connectivity index (χ0n) is 26.4. The Labute approximate surface area is 280 Å². The van der Waals surface area contributed by atoms with Crippen LogP contribution in [0, 0.1) is 0 Å². The van der Waals surface area contributed by atoms with Crippen LogP contribution in [-0.4, -0.2) is 4.40 Å². The molecule has 0 amide bonds. The molecule has 2 aromatic heterocycles. The van der Waals surface area contributed by atoms with Gasteiger partial charge >= 0.3 is 0 Å². The summed E-state index contributed by atoms with van der Waals surface area (Å²) in [5, 5.41) is 3.64. The molecule has 0 aliphatic carbocycles. The Morgan fingerprint density at radius 3 is 1.44 bits per heavy atom. The van der Waals surface area contributed by atoms with E-state index in [1.165, 1.54) is 60.6 Å². The molecule has 0 atom stereocenters. The van der Waals surface area contributed by atoms with Crippen LogP contribution in [-0.2, 0) is 0 Å². The molecule has 0 N–H and O–H groups in total. The molecule has 2 heteroatoms. The molecule has 0 fully saturated rings. The molecule has 0 aliphatic heterocycles. The standard InChI is InChI=1S/C46H32N2/c1-4-13-33(14-5-1)35-23-27-39(28-24-35)48(40-29-25-36(26-30-40)34-15-6-2-7-16-34)44-22-12-19-38-32-47-43-21-11-10-20-41(43)46(45(47)31-42(38)44)37-17-8-3-9-18-37/h1-32H. The van der Waals surface area contributed by atoms with E-state index < -0.39 is 0 Å². The van der Waals surface area contributed by atoms with Gasteiger partial charge in [-0.05, 0) is 70.3 Å². The highest BCUT2D eigenvalue weighted by Gasteiger charge is 2.19. The third-order valence-corrected chi connectivity index (χ3v) is 9.38. The second kappa shape index (κ2) is 11.8. The first kappa shape index (κ1) is 27.9. The van der Waals surface area contributed by atoms with Crippen molar-refractivity contribution in [2.45, 2.75) is 0 Å². The largest absolute Gasteiger partial charge is 0.315 e. The fourth-order valence-electron chi connectivity index (χ4n) is 7.08. The van der Waals surface area contributed by atoms with Crippen molar-refractivity contribution in [2.75, 3.05) is 4.90 Å². The van der Waals surface area contributed by atoms with Crippen molar-refractivity contribution < 1.29 is 0 Å². The molecule has 226 valence electrons. The summed E-state index contributed by atoms with van der Waals surface area (Å²) < 4.78 is 2.36. The smallest absolute Gasteiger partial charge is 0.0548 e. The van der Waals surface area contributed by atoms with E-state index >= 15 is 0 Å². The van der Waals surface area contributed by atoms with Gasteiger partial charge in [0.1, 0.15) is 0 Å². The predicted octanol–water partition coefficient (Wildman–Crippen LogP) is 12.7. The molecular weight excluding hydrogens is 581 g/mol. The molecule has 9 aromatic rings. The lowest BCUT2D eigenvalue weighted by Gasteiger charge is -2.27. The van der Waals surface area contributed by atoms with Gasteiger partial charge in [0.05, 0.1) is 16.7 Å². The first-order chi connectivity index (χ1) is 23.8. The van der Waals surface area contributed by atoms with Crippen LogP contribution in [0.15, 0.2) is 194 Å². The molecule has 0 saturated heterocycles. The van der Waals surface area contributed by atoms with E-state index in [2.05, 4.69) is 204 Å². The van der Waals surface area contributed by atoms with Gasteiger partial charge in [0.15, 0.2) is 0 Å². The highest BCUT2D eigenvalue weighted by atomic mass is 15.1. The Morgan fingerprint density at radius 1 is 0.354 bits per heavy atom. The van der Waals surface area contributed by atoms with Gasteiger partial charge in [-0.1, -0.05) is 146 Å². The Balaban J connectivity index is 1.27. The van der Waals surface area contributed by atoms with Crippen LogP contribution in [0.1, 0.15) is 0 Å². The van der Waals surface area contributed by atoms with Crippen LogP contribution in [0.5, 0.6) is 0 Å². The number of fused-ring (bicyclic) bond motifs is 4. The molecule has 0 aliphatic rings. The lowest BCUT2D eigenvalue weighted by Crippen LogP contribution is -2.10. The van der Waals surface area contributed by atoms with Crippen molar-refractivity contribution in [1.29, 1.82) is 0 Å². The maximum absolute atomic E-state index is 2.40. The molecular formula is C46H32N2. The number of anilines is 3. The molecule has 0 spiro atoms. The fraction of sp³-hybridized carbons (Fsp3) is 0. The summed E-state index contributed by atoms with van der Waals surface area (Å²) in [6.07, 6.45) is 2.30. The first-order valence-electron chi connectivity index (χ1n) is 16.4. The molecule has 0 unspecified atom stereocenters. The van der Waals surface area contributed by atoms with E-state index in [0.717, 1.165) is 17.1 Å². The minimum Gasteiger partial charge on any atom is -0.315 e. The van der Waals surface area contributed by atoms with Crippen molar-refractivity contribution >= 4 is 44.3 Å². The van der Waals surface area contributed by atoms with Gasteiger partial charge in [-0.15, -0.1) is 0 Å². The van der Waals surface area contributed by atoms with Crippen LogP contribution < -0.4 is 4.90 Å². The zero-order valence-corrected chi connectivity index (χ0v) is 26.4. The van der Waals surface area contributed by atoms with Crippen molar-refractivity contribution in [3.8, 4) is 33.4 Å². The first-order valence-corrected chi connectivity index (χ1v) is 16.4. The number of pyridine rings is 1. The molecule has 48 heavy (non-hydrogen) atoms. The number of hydrogen-bond donors (Lipinski definition) is 0. The quantitative estimate of drug-likeness (QED) is 0.181. The monoisotopic (exact) mass is 612 g/mol. The minimum absolute atomic E-state index is 1.11. The molecule has 2 heterocycles. The van der Waals surface area contributed by atoms with Gasteiger partial charge in [-0.3, -0.25) is 0 Å². The fourth-order valence-corrected chi connectivity index (χ4v) is 7.08. The van der Waals surface area contributed by atoms with Gasteiger partial charge in [0, 0.05) is 39.3 Å². The summed E-state index contributed by atoms with van der Waals surface area (Å²) in [5.74, 6) is 0. The Kier molecular flexibility index (Phi) is 6.84. The van der Waals surface area contributed by atoms with Gasteiger partial charge in [-0.2, -0.15) is 0 Å². The highest BCUT2D eigenvalue weighted by Crippen LogP contribution is 2.43. The molecule has 9 rings (SSSR count). The van der Waals surface area contributed by atoms with Gasteiger partial charge in [-0.25, -0.2) is 0 Å². The molecule has 2 nitrogen and oxygen atoms in total. The topological polar surface area (TPSA) is 7.65 Å². The minimum atomic E-state index is 1.11. The van der Waals surface area contributed by atoms with Crippen LogP contribution in [0.4, 0.5) is 17.1 Å². The second-order valence-corrected chi connectivity index (χ2v) is 12.2. The van der Waals surface area contributed by atoms with E-state index in [9.17, 15) is 0 Å². The van der Waals surface area contributed by atoms with Crippen molar-refractivity contribution in [2.24, 2.45) is 0 Å². The normalized spacial score (nSPS) is 11.3. The van der Waals surface area contributed by atoms with E-state index in [-0.39, 0.29) is 0 Å². The number of para-hydroxylation sites is 1. The lowest BCUT2D eigenvalue weighted by molar-refractivity contribution is 1.27. The van der Waals surface area contributed by atoms with E-state index in [1.807, 2.05) is 0 Å². The number of aromatic nitrogens is 1. The summed E-state index contributed by atoms with van der Waals surface area (Å²) in [4.78, 5) is 2.40. The summed E-state index contributed by atoms with van der Waals surface area (Å²) in [7, 11) is 0. The van der Waals surface area contributed by atoms with Crippen LogP contribution in [0.2, 0.25) is 0 Å². The Morgan fingerprint density at radius 2 is 0.854 bits per heavy atom. The van der Waals surface area contributed by atoms with E-state index in [0.29, 0.717) is 0 Å². The maximum Gasteiger partial charge on any atom is 0.0548 e. The highest BCUT2D eigenvalue weighted by molar-refractivity contribution is 6.10. The second-order valence-electron chi connectivity index (χ2n) is 12.2. The van der Waals surface area contributed by atoms with Crippen LogP contribution in [0.25, 0.3) is 60.6 Å². The summed E-state index contributed by atoms with van der Waals surface area (Å²) in [6.45, 7) is 0. The van der Waals surface area contributed by atoms with Crippen molar-refractivity contribution in [1.82, 2.24) is 4.40 Å². The van der Waals surface area contributed by atoms with Gasteiger partial charge in [0.25, 0.3) is 0 Å². The van der Waals surface area contributed by atoms with Crippen LogP contribution in [0.3, 0.4) is 0 Å². The molecule has 0 saturated carbocycles. The van der Waals surface area contributed by atoms with Crippen LogP contribution >= 0.6 is 0 Å². The third-order valence-electron chi connectivity index (χ3n) is 9.38. The summed E-state index contributed by atoms with van der Waals surface area (Å²) >= 11 is 0. The number of rotatable bonds is 6. The summed E-state index contributed by atoms with van der Waals surface area (Å²) in [5.41, 5.74) is 13.1. The molecule has 0 bridgehead atoms.